The van der Waals surface area contributed by atoms with Crippen molar-refractivity contribution in [3.8, 4) is 0 Å². The van der Waals surface area contributed by atoms with Crippen LogP contribution >= 0.6 is 0 Å². The highest BCUT2D eigenvalue weighted by atomic mass is 19.1. The van der Waals surface area contributed by atoms with Gasteiger partial charge in [0.2, 0.25) is 5.91 Å². The second-order valence-electron chi connectivity index (χ2n) is 8.70. The van der Waals surface area contributed by atoms with Gasteiger partial charge in [-0.1, -0.05) is 18.2 Å². The Bertz CT molecular complexity index is 1260. The van der Waals surface area contributed by atoms with E-state index in [4.69, 9.17) is 0 Å². The molecule has 0 bridgehead atoms. The van der Waals surface area contributed by atoms with E-state index >= 15 is 0 Å². The Morgan fingerprint density at radius 2 is 1.72 bits per heavy atom. The predicted octanol–water partition coefficient (Wildman–Crippen LogP) is 0.549. The number of amides is 2. The molecule has 1 saturated carbocycles. The maximum absolute atomic E-state index is 14.6. The van der Waals surface area contributed by atoms with Crippen LogP contribution in [-0.2, 0) is 11.2 Å². The molecular formula is C24H25FN4O3. The van der Waals surface area contributed by atoms with E-state index in [9.17, 15) is 18.8 Å². The van der Waals surface area contributed by atoms with Crippen molar-refractivity contribution in [3.05, 3.63) is 61.6 Å². The number of rotatable bonds is 4. The number of nitrogens with zero attached hydrogens (tertiary/aromatic N) is 3. The number of halogens is 1. The summed E-state index contributed by atoms with van der Waals surface area (Å²) in [6.45, 7) is 1.78. The molecule has 1 saturated heterocycles. The van der Waals surface area contributed by atoms with Crippen LogP contribution in [0.3, 0.4) is 0 Å². The number of nitrogens with one attached hydrogen (secondary N) is 1. The summed E-state index contributed by atoms with van der Waals surface area (Å²) in [5, 5.41) is 8.18. The number of H-pyrrole nitrogens is 1. The second kappa shape index (κ2) is 8.33. The van der Waals surface area contributed by atoms with Crippen LogP contribution in [0.15, 0.2) is 23.0 Å². The first-order chi connectivity index (χ1) is 15.5. The highest BCUT2D eigenvalue weighted by molar-refractivity contribution is 5.95. The zero-order valence-corrected chi connectivity index (χ0v) is 17.8. The first kappa shape index (κ1) is 20.6. The molecule has 0 spiro atoms. The van der Waals surface area contributed by atoms with Crippen LogP contribution in [0.1, 0.15) is 47.3 Å². The van der Waals surface area contributed by atoms with Gasteiger partial charge in [-0.25, -0.2) is 9.49 Å². The Balaban J connectivity index is 1.34. The normalized spacial score (nSPS) is 17.9. The van der Waals surface area contributed by atoms with Crippen LogP contribution in [-0.4, -0.2) is 58.0 Å². The number of piperazine rings is 1. The third-order valence-corrected chi connectivity index (χ3v) is 6.44. The predicted molar refractivity (Wildman–Crippen MR) is 117 cm³/mol. The van der Waals surface area contributed by atoms with E-state index in [-0.39, 0.29) is 28.9 Å². The lowest BCUT2D eigenvalue weighted by atomic mass is 10.0. The summed E-state index contributed by atoms with van der Waals surface area (Å²) >= 11 is 0. The third-order valence-electron chi connectivity index (χ3n) is 6.44. The zero-order valence-electron chi connectivity index (χ0n) is 17.8. The van der Waals surface area contributed by atoms with Gasteiger partial charge >= 0.3 is 0 Å². The van der Waals surface area contributed by atoms with Crippen molar-refractivity contribution < 1.29 is 14.0 Å². The number of fused-ring (bicyclic) bond motifs is 1. The lowest BCUT2D eigenvalue weighted by Gasteiger charge is -2.35. The summed E-state index contributed by atoms with van der Waals surface area (Å²) in [4.78, 5) is 40.7. The van der Waals surface area contributed by atoms with Gasteiger partial charge in [0, 0.05) is 49.0 Å². The van der Waals surface area contributed by atoms with E-state index in [1.54, 1.807) is 17.0 Å². The van der Waals surface area contributed by atoms with Crippen molar-refractivity contribution in [3.63, 3.8) is 0 Å². The molecule has 0 unspecified atom stereocenters. The van der Waals surface area contributed by atoms with Crippen molar-refractivity contribution >= 4 is 24.0 Å². The van der Waals surface area contributed by atoms with Crippen LogP contribution in [0.2, 0.25) is 0 Å². The van der Waals surface area contributed by atoms with Gasteiger partial charge in [0.1, 0.15) is 5.82 Å². The minimum absolute atomic E-state index is 0.0262. The van der Waals surface area contributed by atoms with Crippen molar-refractivity contribution in [2.75, 3.05) is 26.2 Å². The lowest BCUT2D eigenvalue weighted by molar-refractivity contribution is -0.134. The molecule has 1 aliphatic heterocycles. The standard InChI is InChI=1S/C24H25FN4O3/c25-20-8-5-15(14-21-17-3-1-2-4-18(17)22(30)27-26-21)13-19(20)24(32)29-11-9-28(10-12-29)23(31)16-6-7-16/h3-5,8,13,16H,1-2,6-7,9-12,14H2,(H,27,30). The van der Waals surface area contributed by atoms with E-state index in [0.717, 1.165) is 36.5 Å². The van der Waals surface area contributed by atoms with Gasteiger partial charge < -0.3 is 9.80 Å². The molecule has 1 N–H and O–H groups in total. The molecule has 166 valence electrons. The second-order valence-corrected chi connectivity index (χ2v) is 8.70. The molecule has 1 aromatic carbocycles. The number of aromatic nitrogens is 2. The van der Waals surface area contributed by atoms with E-state index in [1.807, 2.05) is 17.1 Å². The molecule has 2 fully saturated rings. The molecule has 8 heteroatoms. The number of hydrogen-bond donors (Lipinski definition) is 1. The molecule has 5 rings (SSSR count). The maximum atomic E-state index is 14.6. The minimum atomic E-state index is -0.563. The maximum Gasteiger partial charge on any atom is 0.271 e. The summed E-state index contributed by atoms with van der Waals surface area (Å²) in [6.07, 6.45) is 7.87. The van der Waals surface area contributed by atoms with E-state index in [0.29, 0.717) is 43.5 Å². The Kier molecular flexibility index (Phi) is 5.36. The molecular weight excluding hydrogens is 411 g/mol. The molecule has 32 heavy (non-hydrogen) atoms. The molecule has 0 radical (unpaired) electrons. The SMILES string of the molecule is O=C(c1cc(Cc2n[nH]c(=O)c3c2=CCCC=3)ccc1F)N1CCN(C(=O)C2CC2)CC1. The van der Waals surface area contributed by atoms with Crippen molar-refractivity contribution in [1.82, 2.24) is 20.0 Å². The number of carbonyl (C=O) groups is 2. The molecule has 2 heterocycles. The molecule has 7 nitrogen and oxygen atoms in total. The Morgan fingerprint density at radius 3 is 2.44 bits per heavy atom. The number of carbonyl (C=O) groups excluding carboxylic acids is 2. The van der Waals surface area contributed by atoms with Crippen LogP contribution in [0, 0.1) is 11.7 Å². The van der Waals surface area contributed by atoms with Gasteiger partial charge in [-0.05, 0) is 43.4 Å². The van der Waals surface area contributed by atoms with Gasteiger partial charge in [-0.15, -0.1) is 0 Å². The Labute approximate surface area is 184 Å². The minimum Gasteiger partial charge on any atom is -0.339 e. The molecule has 2 aliphatic carbocycles. The Morgan fingerprint density at radius 1 is 1.03 bits per heavy atom. The molecule has 3 aliphatic rings. The van der Waals surface area contributed by atoms with Gasteiger partial charge in [-0.2, -0.15) is 5.10 Å². The summed E-state index contributed by atoms with van der Waals surface area (Å²) in [5.74, 6) is -0.588. The molecule has 2 aromatic rings. The van der Waals surface area contributed by atoms with E-state index in [2.05, 4.69) is 10.2 Å². The smallest absolute Gasteiger partial charge is 0.271 e. The first-order valence-electron chi connectivity index (χ1n) is 11.2. The average molecular weight is 436 g/mol. The van der Waals surface area contributed by atoms with Crippen LogP contribution in [0.25, 0.3) is 12.2 Å². The quantitative estimate of drug-likeness (QED) is 0.759. The third kappa shape index (κ3) is 3.97. The van der Waals surface area contributed by atoms with Crippen molar-refractivity contribution in [2.45, 2.75) is 32.1 Å². The van der Waals surface area contributed by atoms with Gasteiger partial charge in [0.25, 0.3) is 11.5 Å². The van der Waals surface area contributed by atoms with Crippen LogP contribution in [0.4, 0.5) is 4.39 Å². The number of aromatic amines is 1. The topological polar surface area (TPSA) is 86.4 Å². The van der Waals surface area contributed by atoms with Crippen molar-refractivity contribution in [1.29, 1.82) is 0 Å². The average Bonchev–Trinajstić information content (AvgIpc) is 3.67. The van der Waals surface area contributed by atoms with Gasteiger partial charge in [0.05, 0.1) is 11.3 Å². The van der Waals surface area contributed by atoms with E-state index in [1.165, 1.54) is 6.07 Å². The highest BCUT2D eigenvalue weighted by Gasteiger charge is 2.35. The monoisotopic (exact) mass is 436 g/mol. The van der Waals surface area contributed by atoms with Gasteiger partial charge in [-0.3, -0.25) is 14.4 Å². The fourth-order valence-corrected chi connectivity index (χ4v) is 4.47. The fraction of sp³-hybridized carbons (Fsp3) is 0.417. The summed E-state index contributed by atoms with van der Waals surface area (Å²) in [6, 6.07) is 4.53. The van der Waals surface area contributed by atoms with Crippen molar-refractivity contribution in [2.24, 2.45) is 5.92 Å². The molecule has 2 amide bonds. The first-order valence-corrected chi connectivity index (χ1v) is 11.2. The van der Waals surface area contributed by atoms with Crippen LogP contribution in [0.5, 0.6) is 0 Å². The summed E-state index contributed by atoms with van der Waals surface area (Å²) < 4.78 is 14.6. The van der Waals surface area contributed by atoms with Crippen LogP contribution < -0.4 is 16.0 Å². The zero-order chi connectivity index (χ0) is 22.2. The molecule has 1 aromatic heterocycles. The molecule has 0 atom stereocenters. The number of hydrogen-bond acceptors (Lipinski definition) is 4. The largest absolute Gasteiger partial charge is 0.339 e. The summed E-state index contributed by atoms with van der Waals surface area (Å²) in [7, 11) is 0. The van der Waals surface area contributed by atoms with E-state index < -0.39 is 5.82 Å². The number of benzene rings is 1. The Hall–Kier alpha value is -3.29. The highest BCUT2D eigenvalue weighted by Crippen LogP contribution is 2.31. The summed E-state index contributed by atoms with van der Waals surface area (Å²) in [5.41, 5.74) is 1.26. The fourth-order valence-electron chi connectivity index (χ4n) is 4.47. The van der Waals surface area contributed by atoms with Gasteiger partial charge in [0.15, 0.2) is 0 Å². The lowest BCUT2D eigenvalue weighted by Crippen LogP contribution is -2.51.